The van der Waals surface area contributed by atoms with Crippen LogP contribution in [0.4, 0.5) is 4.39 Å². The van der Waals surface area contributed by atoms with E-state index in [1.807, 2.05) is 20.9 Å². The molecule has 0 fully saturated rings. The van der Waals surface area contributed by atoms with Crippen molar-refractivity contribution in [2.45, 2.75) is 19.2 Å². The van der Waals surface area contributed by atoms with Crippen LogP contribution in [-0.4, -0.2) is 19.3 Å². The molecule has 1 unspecified atom stereocenters. The molecule has 0 N–H and O–H groups in total. The van der Waals surface area contributed by atoms with Crippen LogP contribution in [0.5, 0.6) is 0 Å². The second-order valence-electron chi connectivity index (χ2n) is 4.90. The monoisotopic (exact) mass is 326 g/mol. The van der Waals surface area contributed by atoms with Crippen molar-refractivity contribution in [2.24, 2.45) is 7.05 Å². The first kappa shape index (κ1) is 14.4. The lowest BCUT2D eigenvalue weighted by atomic mass is 10.3. The molecule has 3 aromatic rings. The third kappa shape index (κ3) is 2.21. The van der Waals surface area contributed by atoms with Crippen LogP contribution < -0.4 is 0 Å². The maximum absolute atomic E-state index is 13.6. The number of nitrogens with zero attached hydrogens (tertiary/aromatic N) is 4. The van der Waals surface area contributed by atoms with Gasteiger partial charge in [-0.15, -0.1) is 11.6 Å². The highest BCUT2D eigenvalue weighted by molar-refractivity contribution is 6.32. The molecule has 0 aliphatic heterocycles. The van der Waals surface area contributed by atoms with Gasteiger partial charge in [0.2, 0.25) is 0 Å². The Morgan fingerprint density at radius 1 is 1.33 bits per heavy atom. The van der Waals surface area contributed by atoms with Gasteiger partial charge in [-0.05, 0) is 32.0 Å². The van der Waals surface area contributed by atoms with E-state index >= 15 is 0 Å². The minimum atomic E-state index is -0.372. The van der Waals surface area contributed by atoms with Gasteiger partial charge in [0.1, 0.15) is 17.2 Å². The van der Waals surface area contributed by atoms with Gasteiger partial charge in [0.05, 0.1) is 21.8 Å². The number of rotatable bonds is 2. The molecule has 7 heteroatoms. The summed E-state index contributed by atoms with van der Waals surface area (Å²) in [6.07, 6.45) is 0. The Morgan fingerprint density at radius 3 is 2.71 bits per heavy atom. The van der Waals surface area contributed by atoms with E-state index in [0.29, 0.717) is 16.5 Å². The molecule has 0 saturated heterocycles. The van der Waals surface area contributed by atoms with Crippen LogP contribution in [0.15, 0.2) is 18.2 Å². The number of fused-ring (bicyclic) bond motifs is 1. The average Bonchev–Trinajstić information content (AvgIpc) is 2.92. The number of hydrogen-bond donors (Lipinski definition) is 0. The van der Waals surface area contributed by atoms with E-state index in [2.05, 4.69) is 10.1 Å². The van der Waals surface area contributed by atoms with Crippen molar-refractivity contribution >= 4 is 34.4 Å². The van der Waals surface area contributed by atoms with Crippen LogP contribution in [-0.2, 0) is 7.05 Å². The molecule has 2 heterocycles. The summed E-state index contributed by atoms with van der Waals surface area (Å²) >= 11 is 12.5. The molecule has 21 heavy (non-hydrogen) atoms. The number of imidazole rings is 1. The number of benzene rings is 1. The lowest BCUT2D eigenvalue weighted by molar-refractivity contribution is 0.626. The first-order valence-corrected chi connectivity index (χ1v) is 7.23. The van der Waals surface area contributed by atoms with Gasteiger partial charge in [-0.3, -0.25) is 4.57 Å². The molecule has 0 aliphatic rings. The van der Waals surface area contributed by atoms with Crippen molar-refractivity contribution in [3.8, 4) is 5.69 Å². The average molecular weight is 327 g/mol. The third-order valence-corrected chi connectivity index (χ3v) is 3.85. The highest BCUT2D eigenvalue weighted by atomic mass is 35.5. The van der Waals surface area contributed by atoms with Crippen LogP contribution in [0.2, 0.25) is 5.02 Å². The van der Waals surface area contributed by atoms with Crippen molar-refractivity contribution in [1.82, 2.24) is 19.3 Å². The van der Waals surface area contributed by atoms with Crippen LogP contribution in [0.25, 0.3) is 16.9 Å². The Kier molecular flexibility index (Phi) is 3.42. The van der Waals surface area contributed by atoms with Gasteiger partial charge in [-0.25, -0.2) is 14.1 Å². The van der Waals surface area contributed by atoms with E-state index in [1.165, 1.54) is 18.2 Å². The van der Waals surface area contributed by atoms with Crippen molar-refractivity contribution < 1.29 is 4.39 Å². The maximum Gasteiger partial charge on any atom is 0.163 e. The molecule has 0 spiro atoms. The number of hydrogen-bond acceptors (Lipinski definition) is 2. The van der Waals surface area contributed by atoms with Gasteiger partial charge in [-0.1, -0.05) is 11.6 Å². The molecule has 0 aliphatic carbocycles. The summed E-state index contributed by atoms with van der Waals surface area (Å²) in [5, 5.41) is 4.42. The predicted octanol–water partition coefficient (Wildman–Crippen LogP) is 4.16. The highest BCUT2D eigenvalue weighted by Crippen LogP contribution is 2.32. The molecule has 0 radical (unpaired) electrons. The highest BCUT2D eigenvalue weighted by Gasteiger charge is 2.22. The van der Waals surface area contributed by atoms with Crippen molar-refractivity contribution in [3.63, 3.8) is 0 Å². The predicted molar refractivity (Wildman–Crippen MR) is 81.8 cm³/mol. The Labute approximate surface area is 131 Å². The Morgan fingerprint density at radius 2 is 2.05 bits per heavy atom. The van der Waals surface area contributed by atoms with Crippen LogP contribution in [0.3, 0.4) is 0 Å². The Balaban J connectivity index is 2.44. The van der Waals surface area contributed by atoms with Crippen molar-refractivity contribution in [1.29, 1.82) is 0 Å². The quantitative estimate of drug-likeness (QED) is 0.663. The van der Waals surface area contributed by atoms with E-state index in [1.54, 1.807) is 9.25 Å². The molecule has 0 bridgehead atoms. The second kappa shape index (κ2) is 5.00. The maximum atomic E-state index is 13.6. The molecular weight excluding hydrogens is 314 g/mol. The minimum Gasteiger partial charge on any atom is -0.278 e. The topological polar surface area (TPSA) is 35.6 Å². The summed E-state index contributed by atoms with van der Waals surface area (Å²) in [5.41, 5.74) is 2.77. The number of halogens is 3. The standard InChI is InChI=1S/C14H13Cl2FN4/c1-7(15)13-18-12-8(2)19-20(3)14(12)21(13)11-6-9(17)4-5-10(11)16/h4-7H,1-3H3. The summed E-state index contributed by atoms with van der Waals surface area (Å²) < 4.78 is 17.1. The molecular formula is C14H13Cl2FN4. The fourth-order valence-electron chi connectivity index (χ4n) is 2.45. The van der Waals surface area contributed by atoms with Crippen LogP contribution in [0.1, 0.15) is 23.8 Å². The molecule has 0 amide bonds. The van der Waals surface area contributed by atoms with Crippen LogP contribution >= 0.6 is 23.2 Å². The van der Waals surface area contributed by atoms with Gasteiger partial charge in [-0.2, -0.15) is 5.10 Å². The molecule has 4 nitrogen and oxygen atoms in total. The van der Waals surface area contributed by atoms with E-state index in [4.69, 9.17) is 23.2 Å². The molecule has 110 valence electrons. The first-order valence-electron chi connectivity index (χ1n) is 6.41. The lowest BCUT2D eigenvalue weighted by Gasteiger charge is -2.12. The molecule has 2 aromatic heterocycles. The van der Waals surface area contributed by atoms with Crippen molar-refractivity contribution in [3.05, 3.63) is 40.6 Å². The van der Waals surface area contributed by atoms with E-state index in [0.717, 1.165) is 16.9 Å². The smallest absolute Gasteiger partial charge is 0.163 e. The molecule has 1 aromatic carbocycles. The van der Waals surface area contributed by atoms with E-state index in [9.17, 15) is 4.39 Å². The summed E-state index contributed by atoms with van der Waals surface area (Å²) in [6, 6.07) is 4.21. The van der Waals surface area contributed by atoms with Crippen LogP contribution in [0, 0.1) is 12.7 Å². The van der Waals surface area contributed by atoms with Gasteiger partial charge in [0.15, 0.2) is 5.65 Å². The number of aromatic nitrogens is 4. The van der Waals surface area contributed by atoms with Gasteiger partial charge >= 0.3 is 0 Å². The zero-order valence-electron chi connectivity index (χ0n) is 11.7. The second-order valence-corrected chi connectivity index (χ2v) is 5.96. The summed E-state index contributed by atoms with van der Waals surface area (Å²) in [6.45, 7) is 3.69. The fraction of sp³-hybridized carbons (Fsp3) is 0.286. The SMILES string of the molecule is Cc1nn(C)c2c1nc(C(C)Cl)n2-c1cc(F)ccc1Cl. The number of aryl methyl sites for hydroxylation is 2. The minimum absolute atomic E-state index is 0.351. The third-order valence-electron chi connectivity index (χ3n) is 3.33. The van der Waals surface area contributed by atoms with Gasteiger partial charge in [0.25, 0.3) is 0 Å². The van der Waals surface area contributed by atoms with Gasteiger partial charge < -0.3 is 0 Å². The summed E-state index contributed by atoms with van der Waals surface area (Å²) in [4.78, 5) is 4.55. The van der Waals surface area contributed by atoms with E-state index in [-0.39, 0.29) is 11.2 Å². The molecule has 0 saturated carbocycles. The Bertz CT molecular complexity index is 835. The zero-order chi connectivity index (χ0) is 15.3. The summed E-state index contributed by atoms with van der Waals surface area (Å²) in [5.74, 6) is 0.235. The Hall–Kier alpha value is -1.59. The zero-order valence-corrected chi connectivity index (χ0v) is 13.2. The largest absolute Gasteiger partial charge is 0.278 e. The summed E-state index contributed by atoms with van der Waals surface area (Å²) in [7, 11) is 1.81. The van der Waals surface area contributed by atoms with Gasteiger partial charge in [0, 0.05) is 7.05 Å². The normalized spacial score (nSPS) is 13.0. The lowest BCUT2D eigenvalue weighted by Crippen LogP contribution is -2.07. The molecule has 1 atom stereocenters. The first-order chi connectivity index (χ1) is 9.90. The van der Waals surface area contributed by atoms with Crippen molar-refractivity contribution in [2.75, 3.05) is 0 Å². The van der Waals surface area contributed by atoms with E-state index < -0.39 is 0 Å². The molecule has 3 rings (SSSR count). The number of alkyl halides is 1. The fourth-order valence-corrected chi connectivity index (χ4v) is 2.80.